The summed E-state index contributed by atoms with van der Waals surface area (Å²) in [6, 6.07) is 12.4. The van der Waals surface area contributed by atoms with Gasteiger partial charge in [-0.1, -0.05) is 30.3 Å². The van der Waals surface area contributed by atoms with Gasteiger partial charge in [0.25, 0.3) is 0 Å². The van der Waals surface area contributed by atoms with Gasteiger partial charge in [-0.25, -0.2) is 4.98 Å². The highest BCUT2D eigenvalue weighted by atomic mass is 32.1. The molecule has 1 atom stereocenters. The van der Waals surface area contributed by atoms with E-state index in [1.54, 1.807) is 0 Å². The van der Waals surface area contributed by atoms with E-state index < -0.39 is 0 Å². The normalized spacial score (nSPS) is 14.5. The summed E-state index contributed by atoms with van der Waals surface area (Å²) in [5.74, 6) is 0.996. The maximum Gasteiger partial charge on any atom is 0.108 e. The van der Waals surface area contributed by atoms with Gasteiger partial charge in [0.15, 0.2) is 0 Å². The minimum atomic E-state index is -0.0132. The van der Waals surface area contributed by atoms with Crippen LogP contribution in [-0.2, 0) is 19.3 Å². The van der Waals surface area contributed by atoms with Gasteiger partial charge in [0.05, 0.1) is 5.69 Å². The number of hydrogen-bond donors (Lipinski definition) is 2. The van der Waals surface area contributed by atoms with E-state index >= 15 is 0 Å². The average Bonchev–Trinajstić information content (AvgIpc) is 3.12. The van der Waals surface area contributed by atoms with Gasteiger partial charge in [0, 0.05) is 28.6 Å². The van der Waals surface area contributed by atoms with E-state index in [4.69, 9.17) is 10.7 Å². The molecule has 0 spiro atoms. The Morgan fingerprint density at radius 1 is 1.19 bits per heavy atom. The predicted octanol–water partition coefficient (Wildman–Crippen LogP) is 3.48. The molecule has 1 unspecified atom stereocenters. The second kappa shape index (κ2) is 5.13. The maximum atomic E-state index is 6.30. The number of nitrogens with zero attached hydrogens (tertiary/aromatic N) is 1. The summed E-state index contributed by atoms with van der Waals surface area (Å²) >= 11 is 1.83. The van der Waals surface area contributed by atoms with Crippen molar-refractivity contribution in [2.75, 3.05) is 0 Å². The van der Waals surface area contributed by atoms with E-state index in [0.717, 1.165) is 36.3 Å². The second-order valence-corrected chi connectivity index (χ2v) is 6.49. The Morgan fingerprint density at radius 3 is 2.90 bits per heavy atom. The minimum absolute atomic E-state index is 0.0132. The molecule has 3 N–H and O–H groups in total. The Labute approximate surface area is 127 Å². The molecule has 106 valence electrons. The van der Waals surface area contributed by atoms with Crippen molar-refractivity contribution in [1.29, 1.82) is 0 Å². The summed E-state index contributed by atoms with van der Waals surface area (Å²) in [6.07, 6.45) is 2.92. The topological polar surface area (TPSA) is 54.7 Å². The van der Waals surface area contributed by atoms with Gasteiger partial charge in [-0.3, -0.25) is 0 Å². The van der Waals surface area contributed by atoms with Crippen LogP contribution in [0.1, 0.15) is 28.0 Å². The molecule has 0 radical (unpaired) electrons. The van der Waals surface area contributed by atoms with Crippen molar-refractivity contribution in [3.8, 4) is 11.3 Å². The standard InChI is InChI=1S/C17H17N3S/c18-13(11-4-2-1-3-5-11)10-16-19-14-6-7-15-12(8-9-21-15)17(14)20-16/h1-5,8-9,13H,6-7,10,18H2,(H,19,20). The van der Waals surface area contributed by atoms with Crippen LogP contribution >= 0.6 is 11.3 Å². The molecule has 1 aromatic carbocycles. The Bertz CT molecular complexity index is 757. The number of aromatic nitrogens is 2. The Kier molecular flexibility index (Phi) is 3.13. The summed E-state index contributed by atoms with van der Waals surface area (Å²) < 4.78 is 0. The maximum absolute atomic E-state index is 6.30. The van der Waals surface area contributed by atoms with Crippen LogP contribution in [0.3, 0.4) is 0 Å². The lowest BCUT2D eigenvalue weighted by Crippen LogP contribution is -2.14. The fraction of sp³-hybridized carbons (Fsp3) is 0.235. The summed E-state index contributed by atoms with van der Waals surface area (Å²) in [4.78, 5) is 9.73. The van der Waals surface area contributed by atoms with Gasteiger partial charge >= 0.3 is 0 Å². The lowest BCUT2D eigenvalue weighted by molar-refractivity contribution is 0.693. The molecule has 0 amide bonds. The van der Waals surface area contributed by atoms with Crippen LogP contribution in [0, 0.1) is 0 Å². The molecule has 1 aliphatic rings. The van der Waals surface area contributed by atoms with E-state index in [-0.39, 0.29) is 6.04 Å². The van der Waals surface area contributed by atoms with Crippen LogP contribution in [0.4, 0.5) is 0 Å². The van der Waals surface area contributed by atoms with E-state index in [1.165, 1.54) is 16.1 Å². The zero-order valence-corrected chi connectivity index (χ0v) is 12.5. The van der Waals surface area contributed by atoms with Gasteiger partial charge in [-0.15, -0.1) is 11.3 Å². The molecule has 4 rings (SSSR count). The number of nitrogens with two attached hydrogens (primary N) is 1. The van der Waals surface area contributed by atoms with Crippen molar-refractivity contribution in [1.82, 2.24) is 9.97 Å². The van der Waals surface area contributed by atoms with Crippen molar-refractivity contribution < 1.29 is 0 Å². The van der Waals surface area contributed by atoms with Crippen molar-refractivity contribution in [2.24, 2.45) is 5.73 Å². The molecule has 2 heterocycles. The first-order valence-corrected chi connectivity index (χ1v) is 8.14. The molecule has 21 heavy (non-hydrogen) atoms. The van der Waals surface area contributed by atoms with Crippen LogP contribution in [0.5, 0.6) is 0 Å². The van der Waals surface area contributed by atoms with Crippen LogP contribution < -0.4 is 5.73 Å². The Balaban J connectivity index is 1.61. The van der Waals surface area contributed by atoms with Gasteiger partial charge in [0.1, 0.15) is 5.82 Å². The largest absolute Gasteiger partial charge is 0.345 e. The second-order valence-electron chi connectivity index (χ2n) is 5.49. The SMILES string of the molecule is NC(Cc1nc2c([nH]1)CCc1sccc1-2)c1ccccc1. The predicted molar refractivity (Wildman–Crippen MR) is 86.4 cm³/mol. The lowest BCUT2D eigenvalue weighted by atomic mass is 10.0. The quantitative estimate of drug-likeness (QED) is 0.777. The average molecular weight is 295 g/mol. The minimum Gasteiger partial charge on any atom is -0.345 e. The molecule has 4 heteroatoms. The number of fused-ring (bicyclic) bond motifs is 3. The number of thiophene rings is 1. The van der Waals surface area contributed by atoms with E-state index in [0.29, 0.717) is 0 Å². The van der Waals surface area contributed by atoms with Gasteiger partial charge in [0.2, 0.25) is 0 Å². The van der Waals surface area contributed by atoms with Crippen LogP contribution in [0.2, 0.25) is 0 Å². The molecular formula is C17H17N3S. The van der Waals surface area contributed by atoms with Crippen LogP contribution in [0.15, 0.2) is 41.8 Å². The molecule has 0 aliphatic heterocycles. The Hall–Kier alpha value is -1.91. The van der Waals surface area contributed by atoms with E-state index in [2.05, 4.69) is 28.6 Å². The highest BCUT2D eigenvalue weighted by Gasteiger charge is 2.21. The molecular weight excluding hydrogens is 278 g/mol. The molecule has 1 aliphatic carbocycles. The zero-order chi connectivity index (χ0) is 14.2. The summed E-state index contributed by atoms with van der Waals surface area (Å²) in [7, 11) is 0. The number of benzene rings is 1. The molecule has 3 aromatic rings. The van der Waals surface area contributed by atoms with Gasteiger partial charge < -0.3 is 10.7 Å². The first-order valence-electron chi connectivity index (χ1n) is 7.26. The first kappa shape index (κ1) is 12.8. The number of hydrogen-bond acceptors (Lipinski definition) is 3. The van der Waals surface area contributed by atoms with Crippen LogP contribution in [0.25, 0.3) is 11.3 Å². The molecule has 0 bridgehead atoms. The molecule has 0 fully saturated rings. The fourth-order valence-corrected chi connectivity index (χ4v) is 3.85. The smallest absolute Gasteiger partial charge is 0.108 e. The number of imidazole rings is 1. The van der Waals surface area contributed by atoms with Crippen molar-refractivity contribution in [2.45, 2.75) is 25.3 Å². The van der Waals surface area contributed by atoms with Crippen molar-refractivity contribution in [3.63, 3.8) is 0 Å². The molecule has 3 nitrogen and oxygen atoms in total. The Morgan fingerprint density at radius 2 is 2.05 bits per heavy atom. The van der Waals surface area contributed by atoms with Gasteiger partial charge in [-0.2, -0.15) is 0 Å². The number of rotatable bonds is 3. The number of aromatic amines is 1. The van der Waals surface area contributed by atoms with E-state index in [9.17, 15) is 0 Å². The molecule has 2 aromatic heterocycles. The third-order valence-electron chi connectivity index (χ3n) is 4.07. The number of H-pyrrole nitrogens is 1. The summed E-state index contributed by atoms with van der Waals surface area (Å²) in [5.41, 5.74) is 11.2. The molecule has 0 saturated heterocycles. The third-order valence-corrected chi connectivity index (χ3v) is 5.05. The van der Waals surface area contributed by atoms with E-state index in [1.807, 2.05) is 29.5 Å². The molecule has 0 saturated carbocycles. The first-order chi connectivity index (χ1) is 10.3. The van der Waals surface area contributed by atoms with Crippen molar-refractivity contribution in [3.05, 3.63) is 63.7 Å². The third kappa shape index (κ3) is 2.30. The lowest BCUT2D eigenvalue weighted by Gasteiger charge is -2.09. The highest BCUT2D eigenvalue weighted by Crippen LogP contribution is 2.35. The summed E-state index contributed by atoms with van der Waals surface area (Å²) in [5, 5.41) is 2.16. The summed E-state index contributed by atoms with van der Waals surface area (Å²) in [6.45, 7) is 0. The highest BCUT2D eigenvalue weighted by molar-refractivity contribution is 7.10. The number of aryl methyl sites for hydroxylation is 2. The fourth-order valence-electron chi connectivity index (χ4n) is 2.97. The monoisotopic (exact) mass is 295 g/mol. The zero-order valence-electron chi connectivity index (χ0n) is 11.7. The van der Waals surface area contributed by atoms with Crippen molar-refractivity contribution >= 4 is 11.3 Å². The number of nitrogens with one attached hydrogen (secondary N) is 1. The van der Waals surface area contributed by atoms with Gasteiger partial charge in [-0.05, 0) is 29.9 Å². The van der Waals surface area contributed by atoms with Crippen LogP contribution in [-0.4, -0.2) is 9.97 Å².